The Morgan fingerprint density at radius 2 is 2.12 bits per heavy atom. The Balaban J connectivity index is 1.90. The van der Waals surface area contributed by atoms with E-state index in [1.807, 2.05) is 30.3 Å². The third kappa shape index (κ3) is 2.95. The molecule has 1 aromatic carbocycles. The van der Waals surface area contributed by atoms with Gasteiger partial charge >= 0.3 is 6.03 Å². The van der Waals surface area contributed by atoms with Gasteiger partial charge in [-0.3, -0.25) is 5.21 Å². The molecule has 0 unspecified atom stereocenters. The van der Waals surface area contributed by atoms with E-state index in [9.17, 15) is 10.0 Å². The molecule has 2 atom stereocenters. The molecule has 0 aromatic heterocycles. The number of primary amides is 1. The molecule has 0 saturated carbocycles. The fourth-order valence-corrected chi connectivity index (χ4v) is 2.04. The normalized spacial score (nSPS) is 23.6. The van der Waals surface area contributed by atoms with Gasteiger partial charge in [0.05, 0.1) is 18.8 Å². The van der Waals surface area contributed by atoms with Crippen LogP contribution in [-0.2, 0) is 4.74 Å². The highest BCUT2D eigenvalue weighted by atomic mass is 16.5. The Morgan fingerprint density at radius 1 is 1.41 bits per heavy atom. The number of carbonyl (C=O) groups is 1. The first-order valence-corrected chi connectivity index (χ1v) is 5.63. The Kier molecular flexibility index (Phi) is 3.61. The first-order chi connectivity index (χ1) is 8.16. The van der Waals surface area contributed by atoms with Gasteiger partial charge in [0.15, 0.2) is 0 Å². The van der Waals surface area contributed by atoms with Crippen LogP contribution in [0.2, 0.25) is 0 Å². The lowest BCUT2D eigenvalue weighted by Gasteiger charge is -2.18. The van der Waals surface area contributed by atoms with Gasteiger partial charge in [0.2, 0.25) is 0 Å². The Bertz CT molecular complexity index is 383. The van der Waals surface area contributed by atoms with Crippen molar-refractivity contribution in [2.45, 2.75) is 25.0 Å². The van der Waals surface area contributed by atoms with Crippen LogP contribution in [0.3, 0.4) is 0 Å². The number of amides is 2. The molecule has 5 heteroatoms. The van der Waals surface area contributed by atoms with E-state index in [4.69, 9.17) is 10.5 Å². The second kappa shape index (κ2) is 5.16. The van der Waals surface area contributed by atoms with Crippen LogP contribution in [0.25, 0.3) is 0 Å². The number of nitrogens with zero attached hydrogens (tertiary/aromatic N) is 1. The van der Waals surface area contributed by atoms with Crippen LogP contribution in [0.15, 0.2) is 30.3 Å². The lowest BCUT2D eigenvalue weighted by atomic mass is 10.1. The van der Waals surface area contributed by atoms with Gasteiger partial charge < -0.3 is 10.5 Å². The van der Waals surface area contributed by atoms with Crippen molar-refractivity contribution in [1.29, 1.82) is 0 Å². The molecule has 0 bridgehead atoms. The van der Waals surface area contributed by atoms with Gasteiger partial charge in [0.1, 0.15) is 0 Å². The number of carbonyl (C=O) groups excluding carboxylic acids is 1. The molecule has 1 fully saturated rings. The molecule has 1 aromatic rings. The molecule has 1 saturated heterocycles. The van der Waals surface area contributed by atoms with E-state index in [1.54, 1.807) is 0 Å². The number of nitrogens with two attached hydrogens (primary N) is 1. The SMILES string of the molecule is NC(=O)N(O)C[C@H]1CC[C@H](c2ccccc2)O1. The Labute approximate surface area is 99.7 Å². The minimum atomic E-state index is -0.850. The van der Waals surface area contributed by atoms with Crippen molar-refractivity contribution in [3.63, 3.8) is 0 Å². The highest BCUT2D eigenvalue weighted by Crippen LogP contribution is 2.32. The van der Waals surface area contributed by atoms with E-state index in [2.05, 4.69) is 0 Å². The number of rotatable bonds is 3. The monoisotopic (exact) mass is 236 g/mol. The quantitative estimate of drug-likeness (QED) is 0.619. The Hall–Kier alpha value is -1.59. The number of hydrogen-bond donors (Lipinski definition) is 2. The molecule has 0 spiro atoms. The van der Waals surface area contributed by atoms with Gasteiger partial charge in [0, 0.05) is 0 Å². The molecule has 1 aliphatic heterocycles. The van der Waals surface area contributed by atoms with Gasteiger partial charge in [-0.15, -0.1) is 0 Å². The maximum absolute atomic E-state index is 10.7. The van der Waals surface area contributed by atoms with E-state index < -0.39 is 6.03 Å². The summed E-state index contributed by atoms with van der Waals surface area (Å²) >= 11 is 0. The number of benzene rings is 1. The van der Waals surface area contributed by atoms with Gasteiger partial charge in [-0.05, 0) is 18.4 Å². The Morgan fingerprint density at radius 3 is 2.76 bits per heavy atom. The van der Waals surface area contributed by atoms with E-state index >= 15 is 0 Å². The summed E-state index contributed by atoms with van der Waals surface area (Å²) in [5, 5.41) is 9.72. The lowest BCUT2D eigenvalue weighted by molar-refractivity contribution is -0.0788. The largest absolute Gasteiger partial charge is 0.368 e. The summed E-state index contributed by atoms with van der Waals surface area (Å²) in [5.41, 5.74) is 6.06. The number of urea groups is 1. The fourth-order valence-electron chi connectivity index (χ4n) is 2.04. The molecule has 92 valence electrons. The minimum absolute atomic E-state index is 0.0440. The van der Waals surface area contributed by atoms with Gasteiger partial charge in [-0.25, -0.2) is 9.86 Å². The molecule has 5 nitrogen and oxygen atoms in total. The summed E-state index contributed by atoms with van der Waals surface area (Å²) in [7, 11) is 0. The highest BCUT2D eigenvalue weighted by molar-refractivity contribution is 5.70. The number of hydroxylamine groups is 2. The molecule has 17 heavy (non-hydrogen) atoms. The summed E-state index contributed by atoms with van der Waals surface area (Å²) in [4.78, 5) is 10.7. The van der Waals surface area contributed by atoms with Crippen LogP contribution >= 0.6 is 0 Å². The van der Waals surface area contributed by atoms with Crippen molar-refractivity contribution in [2.24, 2.45) is 5.73 Å². The number of ether oxygens (including phenoxy) is 1. The van der Waals surface area contributed by atoms with Crippen molar-refractivity contribution < 1.29 is 14.7 Å². The molecule has 2 amide bonds. The fraction of sp³-hybridized carbons (Fsp3) is 0.417. The van der Waals surface area contributed by atoms with Crippen LogP contribution in [0.4, 0.5) is 4.79 Å². The molecule has 1 heterocycles. The van der Waals surface area contributed by atoms with Gasteiger partial charge in [-0.1, -0.05) is 30.3 Å². The van der Waals surface area contributed by atoms with Crippen molar-refractivity contribution in [3.8, 4) is 0 Å². The maximum atomic E-state index is 10.7. The smallest absolute Gasteiger partial charge is 0.338 e. The average molecular weight is 236 g/mol. The summed E-state index contributed by atoms with van der Waals surface area (Å²) < 4.78 is 5.76. The summed E-state index contributed by atoms with van der Waals surface area (Å²) in [6.07, 6.45) is 1.59. The topological polar surface area (TPSA) is 75.8 Å². The average Bonchev–Trinajstić information content (AvgIpc) is 2.78. The van der Waals surface area contributed by atoms with Crippen LogP contribution in [0, 0.1) is 0 Å². The number of hydrogen-bond acceptors (Lipinski definition) is 3. The van der Waals surface area contributed by atoms with Crippen molar-refractivity contribution in [1.82, 2.24) is 5.06 Å². The predicted molar refractivity (Wildman–Crippen MR) is 61.4 cm³/mol. The molecular formula is C12H16N2O3. The standard InChI is InChI=1S/C12H16N2O3/c13-12(15)14(16)8-10-6-7-11(17-10)9-4-2-1-3-5-9/h1-5,10-11,16H,6-8H2,(H2,13,15)/t10-,11-/m1/s1. The summed E-state index contributed by atoms with van der Waals surface area (Å²) in [6.45, 7) is 0.124. The molecule has 2 rings (SSSR count). The third-order valence-corrected chi connectivity index (χ3v) is 2.91. The minimum Gasteiger partial charge on any atom is -0.368 e. The predicted octanol–water partition coefficient (Wildman–Crippen LogP) is 1.68. The zero-order valence-corrected chi connectivity index (χ0v) is 9.45. The zero-order chi connectivity index (χ0) is 12.3. The van der Waals surface area contributed by atoms with Crippen molar-refractivity contribution in [3.05, 3.63) is 35.9 Å². The van der Waals surface area contributed by atoms with Crippen LogP contribution in [-0.4, -0.2) is 29.0 Å². The van der Waals surface area contributed by atoms with E-state index in [0.717, 1.165) is 18.4 Å². The molecule has 0 radical (unpaired) electrons. The van der Waals surface area contributed by atoms with Gasteiger partial charge in [0.25, 0.3) is 0 Å². The first-order valence-electron chi connectivity index (χ1n) is 5.63. The third-order valence-electron chi connectivity index (χ3n) is 2.91. The molecule has 1 aliphatic rings. The van der Waals surface area contributed by atoms with E-state index in [-0.39, 0.29) is 18.8 Å². The van der Waals surface area contributed by atoms with Gasteiger partial charge in [-0.2, -0.15) is 0 Å². The first kappa shape index (κ1) is 11.9. The lowest BCUT2D eigenvalue weighted by Crippen LogP contribution is -2.38. The second-order valence-corrected chi connectivity index (χ2v) is 4.16. The summed E-state index contributed by atoms with van der Waals surface area (Å²) in [5.74, 6) is 0. The summed E-state index contributed by atoms with van der Waals surface area (Å²) in [6, 6.07) is 9.06. The van der Waals surface area contributed by atoms with Crippen molar-refractivity contribution >= 4 is 6.03 Å². The van der Waals surface area contributed by atoms with E-state index in [1.165, 1.54) is 0 Å². The van der Waals surface area contributed by atoms with Crippen molar-refractivity contribution in [2.75, 3.05) is 6.54 Å². The van der Waals surface area contributed by atoms with E-state index in [0.29, 0.717) is 5.06 Å². The maximum Gasteiger partial charge on any atom is 0.338 e. The second-order valence-electron chi connectivity index (χ2n) is 4.16. The van der Waals surface area contributed by atoms with Crippen LogP contribution in [0.1, 0.15) is 24.5 Å². The van der Waals surface area contributed by atoms with Crippen LogP contribution < -0.4 is 5.73 Å². The zero-order valence-electron chi connectivity index (χ0n) is 9.45. The molecular weight excluding hydrogens is 220 g/mol. The molecule has 3 N–H and O–H groups in total. The molecule has 0 aliphatic carbocycles. The van der Waals surface area contributed by atoms with Crippen LogP contribution in [0.5, 0.6) is 0 Å². The highest BCUT2D eigenvalue weighted by Gasteiger charge is 2.28.